The van der Waals surface area contributed by atoms with Gasteiger partial charge in [0.2, 0.25) is 0 Å². The van der Waals surface area contributed by atoms with Gasteiger partial charge in [-0.1, -0.05) is 17.9 Å². The minimum atomic E-state index is -0.173. The van der Waals surface area contributed by atoms with Crippen LogP contribution in [0.4, 0.5) is 0 Å². The number of benzene rings is 1. The molecule has 0 radical (unpaired) electrons. The first-order valence-electron chi connectivity index (χ1n) is 6.13. The molecule has 0 aliphatic heterocycles. The van der Waals surface area contributed by atoms with E-state index < -0.39 is 0 Å². The Bertz CT molecular complexity index is 479. The number of amides is 1. The van der Waals surface area contributed by atoms with Crippen LogP contribution in [0.5, 0.6) is 0 Å². The van der Waals surface area contributed by atoms with Crippen LogP contribution in [0.25, 0.3) is 0 Å². The zero-order valence-electron chi connectivity index (χ0n) is 11.2. The smallest absolute Gasteiger partial charge is 0.253 e. The standard InChI is InChI=1S/C15H19NO2/c1-4-16(5-2)15(18)14-9-8-12(3)13(11-14)7-6-10-17/h8-9,11,17H,4-5,10H2,1-3H3. The zero-order valence-corrected chi connectivity index (χ0v) is 11.2. The SMILES string of the molecule is CCN(CC)C(=O)c1ccc(C)c(C#CCO)c1. The van der Waals surface area contributed by atoms with Crippen LogP contribution in [-0.4, -0.2) is 35.6 Å². The molecule has 1 amide bonds. The van der Waals surface area contributed by atoms with E-state index in [0.29, 0.717) is 18.7 Å². The lowest BCUT2D eigenvalue weighted by Crippen LogP contribution is -2.30. The van der Waals surface area contributed by atoms with Crippen molar-refractivity contribution < 1.29 is 9.90 Å². The van der Waals surface area contributed by atoms with Crippen LogP contribution in [0.2, 0.25) is 0 Å². The van der Waals surface area contributed by atoms with Crippen molar-refractivity contribution in [1.82, 2.24) is 4.90 Å². The fourth-order valence-corrected chi connectivity index (χ4v) is 1.72. The number of nitrogens with zero attached hydrogens (tertiary/aromatic N) is 1. The minimum Gasteiger partial charge on any atom is -0.384 e. The highest BCUT2D eigenvalue weighted by Crippen LogP contribution is 2.12. The van der Waals surface area contributed by atoms with Gasteiger partial charge in [0.05, 0.1) is 0 Å². The number of hydrogen-bond donors (Lipinski definition) is 1. The Kier molecular flexibility index (Phi) is 5.41. The zero-order chi connectivity index (χ0) is 13.5. The van der Waals surface area contributed by atoms with Gasteiger partial charge in [-0.2, -0.15) is 0 Å². The van der Waals surface area contributed by atoms with Gasteiger partial charge in [0.25, 0.3) is 5.91 Å². The highest BCUT2D eigenvalue weighted by atomic mass is 16.2. The van der Waals surface area contributed by atoms with Gasteiger partial charge in [-0.05, 0) is 38.5 Å². The van der Waals surface area contributed by atoms with Crippen molar-refractivity contribution in [1.29, 1.82) is 0 Å². The molecular weight excluding hydrogens is 226 g/mol. The fourth-order valence-electron chi connectivity index (χ4n) is 1.72. The van der Waals surface area contributed by atoms with E-state index >= 15 is 0 Å². The quantitative estimate of drug-likeness (QED) is 0.825. The maximum absolute atomic E-state index is 12.2. The molecule has 1 N–H and O–H groups in total. The molecule has 0 atom stereocenters. The third-order valence-electron chi connectivity index (χ3n) is 2.84. The Labute approximate surface area is 108 Å². The predicted molar refractivity (Wildman–Crippen MR) is 72.4 cm³/mol. The molecule has 0 aliphatic rings. The number of carbonyl (C=O) groups is 1. The molecule has 0 unspecified atom stereocenters. The Balaban J connectivity index is 3.08. The summed E-state index contributed by atoms with van der Waals surface area (Å²) < 4.78 is 0. The van der Waals surface area contributed by atoms with Crippen LogP contribution >= 0.6 is 0 Å². The summed E-state index contributed by atoms with van der Waals surface area (Å²) in [4.78, 5) is 13.9. The van der Waals surface area contributed by atoms with Crippen molar-refractivity contribution in [3.63, 3.8) is 0 Å². The second-order valence-electron chi connectivity index (χ2n) is 3.97. The van der Waals surface area contributed by atoms with Crippen LogP contribution in [-0.2, 0) is 0 Å². The molecule has 96 valence electrons. The highest BCUT2D eigenvalue weighted by molar-refractivity contribution is 5.94. The number of aryl methyl sites for hydroxylation is 1. The van der Waals surface area contributed by atoms with Crippen molar-refractivity contribution in [2.24, 2.45) is 0 Å². The van der Waals surface area contributed by atoms with Gasteiger partial charge in [0, 0.05) is 24.2 Å². The first-order chi connectivity index (χ1) is 8.63. The van der Waals surface area contributed by atoms with Gasteiger partial charge in [0.15, 0.2) is 0 Å². The summed E-state index contributed by atoms with van der Waals surface area (Å²) in [5.74, 6) is 5.49. The molecule has 0 heterocycles. The average Bonchev–Trinajstić information content (AvgIpc) is 2.39. The van der Waals surface area contributed by atoms with Crippen molar-refractivity contribution in [3.8, 4) is 11.8 Å². The molecule has 0 spiro atoms. The van der Waals surface area contributed by atoms with Crippen molar-refractivity contribution >= 4 is 5.91 Å². The molecule has 0 aromatic heterocycles. The van der Waals surface area contributed by atoms with Crippen LogP contribution in [0, 0.1) is 18.8 Å². The normalized spacial score (nSPS) is 9.56. The summed E-state index contributed by atoms with van der Waals surface area (Å²) in [7, 11) is 0. The lowest BCUT2D eigenvalue weighted by molar-refractivity contribution is 0.0773. The number of carbonyl (C=O) groups excluding carboxylic acids is 1. The summed E-state index contributed by atoms with van der Waals surface area (Å²) in [6.45, 7) is 7.08. The summed E-state index contributed by atoms with van der Waals surface area (Å²) in [5.41, 5.74) is 2.45. The summed E-state index contributed by atoms with van der Waals surface area (Å²) in [6, 6.07) is 5.50. The van der Waals surface area contributed by atoms with E-state index in [1.165, 1.54) is 0 Å². The topological polar surface area (TPSA) is 40.5 Å². The Morgan fingerprint density at radius 2 is 2.00 bits per heavy atom. The maximum Gasteiger partial charge on any atom is 0.253 e. The lowest BCUT2D eigenvalue weighted by atomic mass is 10.0. The molecule has 1 aromatic carbocycles. The van der Waals surface area contributed by atoms with Gasteiger partial charge in [-0.25, -0.2) is 0 Å². The Hall–Kier alpha value is -1.79. The van der Waals surface area contributed by atoms with Crippen LogP contribution in [0.3, 0.4) is 0 Å². The van der Waals surface area contributed by atoms with Crippen LogP contribution < -0.4 is 0 Å². The summed E-state index contributed by atoms with van der Waals surface area (Å²) >= 11 is 0. The molecule has 18 heavy (non-hydrogen) atoms. The second kappa shape index (κ2) is 6.83. The van der Waals surface area contributed by atoms with E-state index in [-0.39, 0.29) is 12.5 Å². The van der Waals surface area contributed by atoms with E-state index in [0.717, 1.165) is 11.1 Å². The molecule has 3 nitrogen and oxygen atoms in total. The number of aliphatic hydroxyl groups is 1. The Morgan fingerprint density at radius 1 is 1.33 bits per heavy atom. The van der Waals surface area contributed by atoms with Crippen LogP contribution in [0.15, 0.2) is 18.2 Å². The molecule has 0 fully saturated rings. The van der Waals surface area contributed by atoms with Gasteiger partial charge >= 0.3 is 0 Å². The van der Waals surface area contributed by atoms with Crippen molar-refractivity contribution in [2.75, 3.05) is 19.7 Å². The van der Waals surface area contributed by atoms with Gasteiger partial charge in [-0.3, -0.25) is 4.79 Å². The second-order valence-corrected chi connectivity index (χ2v) is 3.97. The monoisotopic (exact) mass is 245 g/mol. The largest absolute Gasteiger partial charge is 0.384 e. The lowest BCUT2D eigenvalue weighted by Gasteiger charge is -2.18. The maximum atomic E-state index is 12.2. The number of rotatable bonds is 3. The van der Waals surface area contributed by atoms with Gasteiger partial charge in [0.1, 0.15) is 6.61 Å². The van der Waals surface area contributed by atoms with E-state index in [9.17, 15) is 4.79 Å². The van der Waals surface area contributed by atoms with E-state index in [1.807, 2.05) is 32.9 Å². The van der Waals surface area contributed by atoms with E-state index in [2.05, 4.69) is 11.8 Å². The fraction of sp³-hybridized carbons (Fsp3) is 0.400. The number of hydrogen-bond acceptors (Lipinski definition) is 2. The molecule has 0 aliphatic carbocycles. The molecule has 0 bridgehead atoms. The molecule has 1 rings (SSSR count). The molecule has 0 saturated carbocycles. The highest BCUT2D eigenvalue weighted by Gasteiger charge is 2.12. The molecule has 3 heteroatoms. The summed E-state index contributed by atoms with van der Waals surface area (Å²) in [5, 5.41) is 8.71. The number of aliphatic hydroxyl groups excluding tert-OH is 1. The third-order valence-corrected chi connectivity index (χ3v) is 2.84. The van der Waals surface area contributed by atoms with Crippen molar-refractivity contribution in [3.05, 3.63) is 34.9 Å². The molecule has 0 saturated heterocycles. The third kappa shape index (κ3) is 3.35. The van der Waals surface area contributed by atoms with Crippen LogP contribution in [0.1, 0.15) is 35.3 Å². The first-order valence-corrected chi connectivity index (χ1v) is 6.13. The predicted octanol–water partition coefficient (Wildman–Crippen LogP) is 1.82. The Morgan fingerprint density at radius 3 is 2.56 bits per heavy atom. The first kappa shape index (κ1) is 14.3. The molecular formula is C15H19NO2. The molecule has 1 aromatic rings. The average molecular weight is 245 g/mol. The van der Waals surface area contributed by atoms with E-state index in [4.69, 9.17) is 5.11 Å². The van der Waals surface area contributed by atoms with Gasteiger partial charge < -0.3 is 10.0 Å². The van der Waals surface area contributed by atoms with Gasteiger partial charge in [-0.15, -0.1) is 0 Å². The minimum absolute atomic E-state index is 0.0204. The van der Waals surface area contributed by atoms with Crippen molar-refractivity contribution in [2.45, 2.75) is 20.8 Å². The summed E-state index contributed by atoms with van der Waals surface area (Å²) in [6.07, 6.45) is 0. The van der Waals surface area contributed by atoms with E-state index in [1.54, 1.807) is 11.0 Å².